The van der Waals surface area contributed by atoms with Crippen molar-refractivity contribution in [1.82, 2.24) is 9.55 Å². The van der Waals surface area contributed by atoms with Crippen LogP contribution in [0, 0.1) is 6.92 Å². The first-order valence-corrected chi connectivity index (χ1v) is 10.8. The number of pyridine rings is 1. The van der Waals surface area contributed by atoms with Crippen LogP contribution in [-0.2, 0) is 0 Å². The fourth-order valence-corrected chi connectivity index (χ4v) is 4.57. The Balaban J connectivity index is 2.10. The van der Waals surface area contributed by atoms with Gasteiger partial charge in [0.25, 0.3) is 0 Å². The van der Waals surface area contributed by atoms with Gasteiger partial charge >= 0.3 is 0 Å². The van der Waals surface area contributed by atoms with Gasteiger partial charge in [-0.3, -0.25) is 4.98 Å². The number of nitrogens with zero attached hydrogens (tertiary/aromatic N) is 2. The van der Waals surface area contributed by atoms with Crippen molar-refractivity contribution in [3.05, 3.63) is 48.3 Å². The number of para-hydroxylation sites is 1. The van der Waals surface area contributed by atoms with Gasteiger partial charge in [0.1, 0.15) is 17.2 Å². The molecule has 0 saturated heterocycles. The number of rotatable bonds is 7. The average molecular weight is 419 g/mol. The zero-order chi connectivity index (χ0) is 22.1. The Morgan fingerprint density at radius 3 is 2.16 bits per heavy atom. The monoisotopic (exact) mass is 418 g/mol. The van der Waals surface area contributed by atoms with Crippen LogP contribution in [0.1, 0.15) is 38.4 Å². The quantitative estimate of drug-likeness (QED) is 0.341. The SMILES string of the molecule is CCC(CC)n1ccc2c(C)nc3c(-c4c(OC)cc(OC)cc4OC)cccc3c21. The van der Waals surface area contributed by atoms with E-state index in [9.17, 15) is 0 Å². The summed E-state index contributed by atoms with van der Waals surface area (Å²) in [6, 6.07) is 12.7. The van der Waals surface area contributed by atoms with Crippen molar-refractivity contribution in [3.63, 3.8) is 0 Å². The van der Waals surface area contributed by atoms with Crippen molar-refractivity contribution in [1.29, 1.82) is 0 Å². The van der Waals surface area contributed by atoms with E-state index >= 15 is 0 Å². The molecule has 0 N–H and O–H groups in total. The van der Waals surface area contributed by atoms with Gasteiger partial charge < -0.3 is 18.8 Å². The van der Waals surface area contributed by atoms with Gasteiger partial charge in [-0.25, -0.2) is 0 Å². The van der Waals surface area contributed by atoms with Crippen LogP contribution in [0.3, 0.4) is 0 Å². The molecular weight excluding hydrogens is 388 g/mol. The maximum atomic E-state index is 5.74. The summed E-state index contributed by atoms with van der Waals surface area (Å²) in [6.45, 7) is 6.57. The fourth-order valence-electron chi connectivity index (χ4n) is 4.57. The average Bonchev–Trinajstić information content (AvgIpc) is 3.25. The van der Waals surface area contributed by atoms with Crippen molar-refractivity contribution < 1.29 is 14.2 Å². The maximum Gasteiger partial charge on any atom is 0.134 e. The summed E-state index contributed by atoms with van der Waals surface area (Å²) in [4.78, 5) is 5.04. The van der Waals surface area contributed by atoms with Crippen LogP contribution in [0.25, 0.3) is 32.9 Å². The van der Waals surface area contributed by atoms with Gasteiger partial charge in [-0.2, -0.15) is 0 Å². The first kappa shape index (κ1) is 21.0. The lowest BCUT2D eigenvalue weighted by atomic mass is 9.98. The summed E-state index contributed by atoms with van der Waals surface area (Å²) in [7, 11) is 4.97. The molecule has 0 fully saturated rings. The van der Waals surface area contributed by atoms with Gasteiger partial charge in [0.2, 0.25) is 0 Å². The number of fused-ring (bicyclic) bond motifs is 3. The minimum absolute atomic E-state index is 0.455. The molecule has 2 aromatic heterocycles. The summed E-state index contributed by atoms with van der Waals surface area (Å²) in [5.74, 6) is 2.07. The van der Waals surface area contributed by atoms with Gasteiger partial charge in [0.05, 0.1) is 37.9 Å². The Kier molecular flexibility index (Phi) is 5.77. The number of hydrogen-bond acceptors (Lipinski definition) is 4. The highest BCUT2D eigenvalue weighted by Gasteiger charge is 2.21. The number of benzene rings is 2. The number of methoxy groups -OCH3 is 3. The largest absolute Gasteiger partial charge is 0.496 e. The Morgan fingerprint density at radius 1 is 0.903 bits per heavy atom. The molecule has 0 amide bonds. The summed E-state index contributed by atoms with van der Waals surface area (Å²) in [5.41, 5.74) is 5.07. The predicted molar refractivity (Wildman–Crippen MR) is 127 cm³/mol. The van der Waals surface area contributed by atoms with Gasteiger partial charge in [0.15, 0.2) is 0 Å². The van der Waals surface area contributed by atoms with Crippen molar-refractivity contribution in [3.8, 4) is 28.4 Å². The van der Waals surface area contributed by atoms with E-state index in [2.05, 4.69) is 55.8 Å². The zero-order valence-electron chi connectivity index (χ0n) is 19.2. The molecule has 162 valence electrons. The van der Waals surface area contributed by atoms with Crippen LogP contribution in [-0.4, -0.2) is 30.9 Å². The summed E-state index contributed by atoms with van der Waals surface area (Å²) >= 11 is 0. The second-order valence-corrected chi connectivity index (χ2v) is 7.76. The number of aryl methyl sites for hydroxylation is 1. The molecule has 0 aliphatic heterocycles. The molecule has 0 spiro atoms. The first-order chi connectivity index (χ1) is 15.1. The molecule has 0 bridgehead atoms. The second kappa shape index (κ2) is 8.50. The van der Waals surface area contributed by atoms with Crippen LogP contribution in [0.5, 0.6) is 17.2 Å². The van der Waals surface area contributed by atoms with E-state index in [1.165, 1.54) is 10.9 Å². The highest BCUT2D eigenvalue weighted by Crippen LogP contribution is 2.45. The molecule has 0 atom stereocenters. The molecule has 0 saturated carbocycles. The minimum atomic E-state index is 0.455. The summed E-state index contributed by atoms with van der Waals surface area (Å²) < 4.78 is 19.3. The van der Waals surface area contributed by atoms with E-state index in [1.54, 1.807) is 21.3 Å². The maximum absolute atomic E-state index is 5.74. The molecule has 5 nitrogen and oxygen atoms in total. The van der Waals surface area contributed by atoms with Crippen LogP contribution in [0.15, 0.2) is 42.6 Å². The summed E-state index contributed by atoms with van der Waals surface area (Å²) in [5, 5.41) is 2.33. The van der Waals surface area contributed by atoms with Gasteiger partial charge in [-0.15, -0.1) is 0 Å². The molecule has 4 aromatic rings. The molecule has 5 heteroatoms. The molecule has 4 rings (SSSR count). The normalized spacial score (nSPS) is 11.5. The van der Waals surface area contributed by atoms with Crippen LogP contribution in [0.4, 0.5) is 0 Å². The Morgan fingerprint density at radius 2 is 1.58 bits per heavy atom. The molecule has 0 aliphatic rings. The first-order valence-electron chi connectivity index (χ1n) is 10.8. The molecule has 2 aromatic carbocycles. The lowest BCUT2D eigenvalue weighted by Gasteiger charge is -2.19. The Bertz CT molecular complexity index is 1210. The van der Waals surface area contributed by atoms with E-state index in [0.29, 0.717) is 23.3 Å². The molecular formula is C26H30N2O3. The number of hydrogen-bond donors (Lipinski definition) is 0. The van der Waals surface area contributed by atoms with Crippen LogP contribution >= 0.6 is 0 Å². The topological polar surface area (TPSA) is 45.5 Å². The van der Waals surface area contributed by atoms with Crippen molar-refractivity contribution in [2.45, 2.75) is 39.7 Å². The molecule has 31 heavy (non-hydrogen) atoms. The lowest BCUT2D eigenvalue weighted by molar-refractivity contribution is 0.377. The van der Waals surface area contributed by atoms with Gasteiger partial charge in [-0.1, -0.05) is 32.0 Å². The highest BCUT2D eigenvalue weighted by atomic mass is 16.5. The number of aromatic nitrogens is 2. The minimum Gasteiger partial charge on any atom is -0.496 e. The van der Waals surface area contributed by atoms with Crippen molar-refractivity contribution >= 4 is 21.8 Å². The highest BCUT2D eigenvalue weighted by molar-refractivity contribution is 6.10. The van der Waals surface area contributed by atoms with Gasteiger partial charge in [-0.05, 0) is 25.8 Å². The Labute approximate surface area is 183 Å². The third-order valence-corrected chi connectivity index (χ3v) is 6.20. The molecule has 0 unspecified atom stereocenters. The zero-order valence-corrected chi connectivity index (χ0v) is 19.2. The van der Waals surface area contributed by atoms with Crippen LogP contribution in [0.2, 0.25) is 0 Å². The van der Waals surface area contributed by atoms with Crippen LogP contribution < -0.4 is 14.2 Å². The predicted octanol–water partition coefficient (Wildman–Crippen LogP) is 6.55. The third-order valence-electron chi connectivity index (χ3n) is 6.20. The molecule has 2 heterocycles. The second-order valence-electron chi connectivity index (χ2n) is 7.76. The van der Waals surface area contributed by atoms with E-state index in [4.69, 9.17) is 19.2 Å². The smallest absolute Gasteiger partial charge is 0.134 e. The Hall–Kier alpha value is -3.21. The molecule has 0 radical (unpaired) electrons. The van der Waals surface area contributed by atoms with Crippen molar-refractivity contribution in [2.24, 2.45) is 0 Å². The van der Waals surface area contributed by atoms with Gasteiger partial charge in [0, 0.05) is 46.4 Å². The van der Waals surface area contributed by atoms with E-state index in [1.807, 2.05) is 12.1 Å². The third kappa shape index (κ3) is 3.38. The van der Waals surface area contributed by atoms with Crippen molar-refractivity contribution in [2.75, 3.05) is 21.3 Å². The van der Waals surface area contributed by atoms with E-state index in [0.717, 1.165) is 40.6 Å². The lowest BCUT2D eigenvalue weighted by Crippen LogP contribution is -2.06. The van der Waals surface area contributed by atoms with E-state index < -0.39 is 0 Å². The molecule has 0 aliphatic carbocycles. The van der Waals surface area contributed by atoms with E-state index in [-0.39, 0.29) is 0 Å². The fraction of sp³-hybridized carbons (Fsp3) is 0.346. The standard InChI is InChI=1S/C26H30N2O3/c1-7-17(8-2)28-13-12-19-16(3)27-25-20(10-9-11-21(25)26(19)28)24-22(30-5)14-18(29-4)15-23(24)31-6/h9-15,17H,7-8H2,1-6H3. The summed E-state index contributed by atoms with van der Waals surface area (Å²) in [6.07, 6.45) is 4.38. The number of ether oxygens (including phenoxy) is 3.